The smallest absolute Gasteiger partial charge is 0.265 e. The number of amides is 2. The van der Waals surface area contributed by atoms with E-state index in [9.17, 15) is 9.59 Å². The third-order valence-corrected chi connectivity index (χ3v) is 5.49. The number of nitrogens with two attached hydrogens (primary N) is 1. The van der Waals surface area contributed by atoms with Gasteiger partial charge in [-0.05, 0) is 20.3 Å². The van der Waals surface area contributed by atoms with Gasteiger partial charge < -0.3 is 10.6 Å². The topological polar surface area (TPSA) is 94.1 Å². The highest BCUT2D eigenvalue weighted by atomic mass is 32.1. The number of primary amides is 1. The van der Waals surface area contributed by atoms with Crippen LogP contribution < -0.4 is 5.73 Å². The second kappa shape index (κ2) is 5.45. The molecule has 2 amide bonds. The summed E-state index contributed by atoms with van der Waals surface area (Å²) in [6, 6.07) is 0. The van der Waals surface area contributed by atoms with E-state index in [1.807, 2.05) is 27.1 Å². The minimum atomic E-state index is -0.638. The molecule has 3 heterocycles. The van der Waals surface area contributed by atoms with Crippen molar-refractivity contribution < 1.29 is 9.59 Å². The number of carbonyl (C=O) groups is 2. The van der Waals surface area contributed by atoms with Crippen LogP contribution in [0.3, 0.4) is 0 Å². The van der Waals surface area contributed by atoms with Gasteiger partial charge >= 0.3 is 0 Å². The second-order valence-electron chi connectivity index (χ2n) is 6.24. The van der Waals surface area contributed by atoms with E-state index < -0.39 is 5.41 Å². The second-order valence-corrected chi connectivity index (χ2v) is 7.24. The maximum Gasteiger partial charge on any atom is 0.265 e. The van der Waals surface area contributed by atoms with Gasteiger partial charge in [-0.1, -0.05) is 0 Å². The number of nitrogens with zero attached hydrogens (tertiary/aromatic N) is 4. The number of carbonyl (C=O) groups excluding carboxylic acids is 2. The summed E-state index contributed by atoms with van der Waals surface area (Å²) in [4.78, 5) is 31.1. The van der Waals surface area contributed by atoms with Crippen molar-refractivity contribution in [1.82, 2.24) is 19.7 Å². The number of aryl methyl sites for hydroxylation is 2. The van der Waals surface area contributed by atoms with Crippen LogP contribution in [0.2, 0.25) is 0 Å². The van der Waals surface area contributed by atoms with Crippen LogP contribution >= 0.6 is 11.3 Å². The number of hydrogen-bond donors (Lipinski definition) is 1. The van der Waals surface area contributed by atoms with Gasteiger partial charge in [0, 0.05) is 31.9 Å². The van der Waals surface area contributed by atoms with E-state index in [2.05, 4.69) is 10.1 Å². The lowest BCUT2D eigenvalue weighted by atomic mass is 9.89. The third-order valence-electron chi connectivity index (χ3n) is 4.30. The summed E-state index contributed by atoms with van der Waals surface area (Å²) in [5.74, 6) is -0.440. The highest BCUT2D eigenvalue weighted by molar-refractivity contribution is 7.17. The number of likely N-dealkylation sites (tertiary alicyclic amines) is 1. The van der Waals surface area contributed by atoms with Gasteiger partial charge in [-0.2, -0.15) is 5.10 Å². The lowest BCUT2D eigenvalue weighted by molar-refractivity contribution is -0.126. The first-order valence-corrected chi connectivity index (χ1v) is 8.17. The number of rotatable bonds is 3. The van der Waals surface area contributed by atoms with Crippen molar-refractivity contribution in [2.45, 2.75) is 20.3 Å². The summed E-state index contributed by atoms with van der Waals surface area (Å²) in [7, 11) is 1.84. The third kappa shape index (κ3) is 2.74. The Kier molecular flexibility index (Phi) is 3.71. The van der Waals surface area contributed by atoms with Crippen molar-refractivity contribution in [2.24, 2.45) is 18.2 Å². The van der Waals surface area contributed by atoms with Crippen LogP contribution in [0.25, 0.3) is 10.6 Å². The lowest BCUT2D eigenvalue weighted by Crippen LogP contribution is -2.38. The molecule has 2 aromatic heterocycles. The van der Waals surface area contributed by atoms with Crippen LogP contribution in [-0.2, 0) is 11.8 Å². The van der Waals surface area contributed by atoms with Crippen molar-refractivity contribution in [2.75, 3.05) is 13.1 Å². The van der Waals surface area contributed by atoms with E-state index in [-0.39, 0.29) is 11.8 Å². The summed E-state index contributed by atoms with van der Waals surface area (Å²) >= 11 is 1.36. The Bertz CT molecular complexity index is 781. The number of aromatic nitrogens is 3. The monoisotopic (exact) mass is 333 g/mol. The van der Waals surface area contributed by atoms with E-state index in [0.29, 0.717) is 30.1 Å². The largest absolute Gasteiger partial charge is 0.369 e. The number of hydrogen-bond acceptors (Lipinski definition) is 5. The first kappa shape index (κ1) is 15.7. The predicted octanol–water partition coefficient (Wildman–Crippen LogP) is 1.19. The Balaban J connectivity index is 1.84. The molecular formula is C15H19N5O2S. The molecule has 1 fully saturated rings. The average molecular weight is 333 g/mol. The Labute approximate surface area is 138 Å². The first-order chi connectivity index (χ1) is 10.8. The minimum Gasteiger partial charge on any atom is -0.369 e. The lowest BCUT2D eigenvalue weighted by Gasteiger charge is -2.20. The zero-order chi connectivity index (χ0) is 16.8. The fourth-order valence-corrected chi connectivity index (χ4v) is 3.74. The fraction of sp³-hybridized carbons (Fsp3) is 0.467. The molecular weight excluding hydrogens is 314 g/mol. The summed E-state index contributed by atoms with van der Waals surface area (Å²) in [5.41, 5.74) is 6.40. The summed E-state index contributed by atoms with van der Waals surface area (Å²) in [5, 5.41) is 4.90. The Morgan fingerprint density at radius 2 is 2.17 bits per heavy atom. The fourth-order valence-electron chi connectivity index (χ4n) is 2.73. The van der Waals surface area contributed by atoms with Crippen molar-refractivity contribution in [3.05, 3.63) is 23.0 Å². The molecule has 1 aliphatic heterocycles. The maximum atomic E-state index is 12.8. The van der Waals surface area contributed by atoms with Crippen LogP contribution in [0.1, 0.15) is 28.7 Å². The zero-order valence-electron chi connectivity index (χ0n) is 13.4. The van der Waals surface area contributed by atoms with Crippen LogP contribution in [0.5, 0.6) is 0 Å². The predicted molar refractivity (Wildman–Crippen MR) is 86.9 cm³/mol. The summed E-state index contributed by atoms with van der Waals surface area (Å²) in [6.07, 6.45) is 4.19. The molecule has 1 saturated heterocycles. The normalized spacial score (nSPS) is 20.9. The van der Waals surface area contributed by atoms with E-state index in [1.54, 1.807) is 15.8 Å². The molecule has 1 atom stereocenters. The number of thiazole rings is 1. The molecule has 2 aromatic rings. The van der Waals surface area contributed by atoms with Crippen molar-refractivity contribution in [3.8, 4) is 10.6 Å². The van der Waals surface area contributed by atoms with E-state index >= 15 is 0 Å². The first-order valence-electron chi connectivity index (χ1n) is 7.36. The van der Waals surface area contributed by atoms with Crippen molar-refractivity contribution in [3.63, 3.8) is 0 Å². The van der Waals surface area contributed by atoms with Gasteiger partial charge in [0.15, 0.2) is 0 Å². The molecule has 23 heavy (non-hydrogen) atoms. The van der Waals surface area contributed by atoms with Gasteiger partial charge in [0.05, 0.1) is 17.3 Å². The standard InChI is InChI=1S/C15H19N5O2S/c1-9-11(23-12(18-9)10-6-17-19(3)7-10)13(21)20-5-4-15(2,8-20)14(16)22/h6-7H,4-5,8H2,1-3H3,(H2,16,22). The van der Waals surface area contributed by atoms with Gasteiger partial charge in [-0.25, -0.2) is 4.98 Å². The quantitative estimate of drug-likeness (QED) is 0.913. The molecule has 0 aliphatic carbocycles. The van der Waals surface area contributed by atoms with Gasteiger partial charge in [0.25, 0.3) is 5.91 Å². The van der Waals surface area contributed by atoms with Crippen LogP contribution in [0.4, 0.5) is 0 Å². The minimum absolute atomic E-state index is 0.0832. The van der Waals surface area contributed by atoms with Crippen LogP contribution in [0, 0.1) is 12.3 Å². The highest BCUT2D eigenvalue weighted by Crippen LogP contribution is 2.33. The van der Waals surface area contributed by atoms with E-state index in [1.165, 1.54) is 11.3 Å². The molecule has 0 saturated carbocycles. The molecule has 0 bridgehead atoms. The molecule has 3 rings (SSSR count). The highest BCUT2D eigenvalue weighted by Gasteiger charge is 2.41. The SMILES string of the molecule is Cc1nc(-c2cnn(C)c2)sc1C(=O)N1CCC(C)(C(N)=O)C1. The zero-order valence-corrected chi connectivity index (χ0v) is 14.2. The molecule has 7 nitrogen and oxygen atoms in total. The molecule has 0 spiro atoms. The maximum absolute atomic E-state index is 12.8. The molecule has 8 heteroatoms. The van der Waals surface area contributed by atoms with E-state index in [4.69, 9.17) is 5.73 Å². The van der Waals surface area contributed by atoms with E-state index in [0.717, 1.165) is 10.6 Å². The van der Waals surface area contributed by atoms with Crippen LogP contribution in [-0.4, -0.2) is 44.6 Å². The van der Waals surface area contributed by atoms with Crippen molar-refractivity contribution >= 4 is 23.2 Å². The van der Waals surface area contributed by atoms with Gasteiger partial charge in [0.1, 0.15) is 9.88 Å². The molecule has 0 radical (unpaired) electrons. The Hall–Kier alpha value is -2.22. The molecule has 0 aromatic carbocycles. The Morgan fingerprint density at radius 1 is 1.43 bits per heavy atom. The molecule has 122 valence electrons. The summed E-state index contributed by atoms with van der Waals surface area (Å²) < 4.78 is 1.70. The Morgan fingerprint density at radius 3 is 2.74 bits per heavy atom. The van der Waals surface area contributed by atoms with Gasteiger partial charge in [-0.3, -0.25) is 14.3 Å². The van der Waals surface area contributed by atoms with Gasteiger partial charge in [-0.15, -0.1) is 11.3 Å². The van der Waals surface area contributed by atoms with Crippen LogP contribution in [0.15, 0.2) is 12.4 Å². The average Bonchev–Trinajstić information content (AvgIpc) is 3.18. The summed E-state index contributed by atoms with van der Waals surface area (Å²) in [6.45, 7) is 4.54. The molecule has 1 aliphatic rings. The van der Waals surface area contributed by atoms with Gasteiger partial charge in [0.2, 0.25) is 5.91 Å². The van der Waals surface area contributed by atoms with Crippen molar-refractivity contribution in [1.29, 1.82) is 0 Å². The molecule has 2 N–H and O–H groups in total. The molecule has 1 unspecified atom stereocenters.